The Hall–Kier alpha value is -1.80. The molecule has 0 bridgehead atoms. The number of ether oxygens (including phenoxy) is 2. The van der Waals surface area contributed by atoms with Crippen LogP contribution in [0.4, 0.5) is 0 Å². The monoisotopic (exact) mass is 483 g/mol. The van der Waals surface area contributed by atoms with Crippen LogP contribution in [0.25, 0.3) is 0 Å². The third-order valence-corrected chi connectivity index (χ3v) is 4.17. The Morgan fingerprint density at radius 3 is 2.33 bits per heavy atom. The van der Waals surface area contributed by atoms with Crippen molar-refractivity contribution in [3.05, 3.63) is 65.2 Å². The van der Waals surface area contributed by atoms with Crippen LogP contribution in [0.15, 0.2) is 53.5 Å². The number of methoxy groups -OCH3 is 1. The molecule has 0 spiro atoms. The van der Waals surface area contributed by atoms with Gasteiger partial charge < -0.3 is 19.7 Å². The first kappa shape index (κ1) is 23.2. The zero-order valence-corrected chi connectivity index (χ0v) is 18.9. The second-order valence-corrected chi connectivity index (χ2v) is 6.01. The number of hydrogen-bond acceptors (Lipinski definition) is 3. The van der Waals surface area contributed by atoms with Crippen LogP contribution in [-0.4, -0.2) is 38.7 Å². The van der Waals surface area contributed by atoms with Gasteiger partial charge in [0.2, 0.25) is 0 Å². The highest BCUT2D eigenvalue weighted by molar-refractivity contribution is 14.0. The molecule has 1 N–H and O–H groups in total. The molecule has 6 heteroatoms. The minimum Gasteiger partial charge on any atom is -0.497 e. The molecule has 0 amide bonds. The van der Waals surface area contributed by atoms with Gasteiger partial charge >= 0.3 is 0 Å². The second kappa shape index (κ2) is 12.6. The summed E-state index contributed by atoms with van der Waals surface area (Å²) in [5.41, 5.74) is 3.63. The molecule has 2 rings (SSSR count). The van der Waals surface area contributed by atoms with E-state index in [4.69, 9.17) is 9.47 Å². The van der Waals surface area contributed by atoms with Gasteiger partial charge in [-0.25, -0.2) is 0 Å². The molecule has 2 aromatic carbocycles. The molecular formula is C21H30IN3O2. The van der Waals surface area contributed by atoms with E-state index < -0.39 is 0 Å². The summed E-state index contributed by atoms with van der Waals surface area (Å²) in [6.45, 7) is 4.84. The highest BCUT2D eigenvalue weighted by Crippen LogP contribution is 2.13. The summed E-state index contributed by atoms with van der Waals surface area (Å²) >= 11 is 0. The molecule has 148 valence electrons. The third kappa shape index (κ3) is 7.38. The van der Waals surface area contributed by atoms with E-state index in [1.807, 2.05) is 32.2 Å². The Balaban J connectivity index is 0.00000364. The summed E-state index contributed by atoms with van der Waals surface area (Å²) in [7, 11) is 5.51. The number of hydrogen-bond donors (Lipinski definition) is 1. The van der Waals surface area contributed by atoms with Crippen molar-refractivity contribution in [3.63, 3.8) is 0 Å². The minimum absolute atomic E-state index is 0. The van der Waals surface area contributed by atoms with Crippen molar-refractivity contribution in [3.8, 4) is 5.75 Å². The number of aliphatic imine (C=N–C) groups is 1. The predicted molar refractivity (Wildman–Crippen MR) is 122 cm³/mol. The van der Waals surface area contributed by atoms with Gasteiger partial charge in [0.05, 0.1) is 13.7 Å². The fourth-order valence-electron chi connectivity index (χ4n) is 2.72. The Morgan fingerprint density at radius 2 is 1.74 bits per heavy atom. The summed E-state index contributed by atoms with van der Waals surface area (Å²) in [5, 5.41) is 3.44. The second-order valence-electron chi connectivity index (χ2n) is 6.01. The highest BCUT2D eigenvalue weighted by Gasteiger charge is 2.08. The van der Waals surface area contributed by atoms with Crippen molar-refractivity contribution < 1.29 is 9.47 Å². The molecule has 2 aromatic rings. The number of nitrogens with zero attached hydrogens (tertiary/aromatic N) is 2. The minimum atomic E-state index is 0. The van der Waals surface area contributed by atoms with Crippen molar-refractivity contribution in [1.82, 2.24) is 10.2 Å². The van der Waals surface area contributed by atoms with Crippen LogP contribution < -0.4 is 10.1 Å². The van der Waals surface area contributed by atoms with Gasteiger partial charge in [0.25, 0.3) is 0 Å². The van der Waals surface area contributed by atoms with Gasteiger partial charge in [0.1, 0.15) is 5.75 Å². The fraction of sp³-hybridized carbons (Fsp3) is 0.381. The van der Waals surface area contributed by atoms with E-state index in [0.29, 0.717) is 19.8 Å². The molecule has 0 aliphatic heterocycles. The van der Waals surface area contributed by atoms with Crippen LogP contribution in [0.2, 0.25) is 0 Å². The van der Waals surface area contributed by atoms with Crippen molar-refractivity contribution in [1.29, 1.82) is 0 Å². The van der Waals surface area contributed by atoms with Gasteiger partial charge in [0.15, 0.2) is 5.96 Å². The molecule has 0 fully saturated rings. The summed E-state index contributed by atoms with van der Waals surface area (Å²) in [4.78, 5) is 6.50. The zero-order chi connectivity index (χ0) is 18.8. The maximum absolute atomic E-state index is 5.56. The van der Waals surface area contributed by atoms with Crippen LogP contribution in [0.3, 0.4) is 0 Å². The van der Waals surface area contributed by atoms with E-state index in [2.05, 4.69) is 45.5 Å². The predicted octanol–water partition coefficient (Wildman–Crippen LogP) is 4.06. The maximum atomic E-state index is 5.56. The lowest BCUT2D eigenvalue weighted by molar-refractivity contribution is 0.133. The van der Waals surface area contributed by atoms with Crippen molar-refractivity contribution in [2.75, 3.05) is 27.8 Å². The molecule has 0 saturated carbocycles. The van der Waals surface area contributed by atoms with Crippen LogP contribution in [-0.2, 0) is 24.4 Å². The van der Waals surface area contributed by atoms with Gasteiger partial charge in [-0.3, -0.25) is 4.99 Å². The summed E-state index contributed by atoms with van der Waals surface area (Å²) < 4.78 is 10.8. The number of guanidine groups is 1. The lowest BCUT2D eigenvalue weighted by atomic mass is 10.1. The van der Waals surface area contributed by atoms with Gasteiger partial charge in [0, 0.05) is 33.8 Å². The van der Waals surface area contributed by atoms with Crippen LogP contribution >= 0.6 is 24.0 Å². The molecular weight excluding hydrogens is 453 g/mol. The molecule has 0 radical (unpaired) electrons. The molecule has 0 unspecified atom stereocenters. The summed E-state index contributed by atoms with van der Waals surface area (Å²) in [6, 6.07) is 16.4. The summed E-state index contributed by atoms with van der Waals surface area (Å²) in [6.07, 6.45) is 0. The van der Waals surface area contributed by atoms with E-state index in [9.17, 15) is 0 Å². The van der Waals surface area contributed by atoms with E-state index in [0.717, 1.165) is 18.3 Å². The number of benzene rings is 2. The van der Waals surface area contributed by atoms with E-state index in [-0.39, 0.29) is 24.0 Å². The van der Waals surface area contributed by atoms with Crippen molar-refractivity contribution >= 4 is 29.9 Å². The quantitative estimate of drug-likeness (QED) is 0.350. The normalized spacial score (nSPS) is 10.9. The maximum Gasteiger partial charge on any atom is 0.193 e. The Kier molecular flexibility index (Phi) is 10.8. The van der Waals surface area contributed by atoms with Gasteiger partial charge in [-0.1, -0.05) is 36.4 Å². The molecule has 0 saturated heterocycles. The topological polar surface area (TPSA) is 46.1 Å². The first-order valence-corrected chi connectivity index (χ1v) is 8.87. The lowest BCUT2D eigenvalue weighted by Crippen LogP contribution is -2.38. The van der Waals surface area contributed by atoms with Gasteiger partial charge in [-0.05, 0) is 35.7 Å². The molecule has 0 atom stereocenters. The number of rotatable bonds is 8. The van der Waals surface area contributed by atoms with Crippen molar-refractivity contribution in [2.45, 2.75) is 26.6 Å². The highest BCUT2D eigenvalue weighted by atomic mass is 127. The standard InChI is InChI=1S/C21H29N3O2.HI/c1-5-26-16-19-9-7-6-8-18(19)14-23-21(22-2)24(3)15-17-10-12-20(25-4)13-11-17;/h6-13H,5,14-16H2,1-4H3,(H,22,23);1H. The average Bonchev–Trinajstić information content (AvgIpc) is 2.68. The van der Waals surface area contributed by atoms with Crippen LogP contribution in [0, 0.1) is 0 Å². The molecule has 0 aromatic heterocycles. The smallest absolute Gasteiger partial charge is 0.193 e. The van der Waals surface area contributed by atoms with Crippen LogP contribution in [0.5, 0.6) is 5.75 Å². The van der Waals surface area contributed by atoms with Crippen LogP contribution in [0.1, 0.15) is 23.6 Å². The largest absolute Gasteiger partial charge is 0.497 e. The van der Waals surface area contributed by atoms with E-state index in [1.165, 1.54) is 16.7 Å². The van der Waals surface area contributed by atoms with E-state index in [1.54, 1.807) is 14.2 Å². The lowest BCUT2D eigenvalue weighted by Gasteiger charge is -2.23. The van der Waals surface area contributed by atoms with Gasteiger partial charge in [-0.15, -0.1) is 24.0 Å². The molecule has 27 heavy (non-hydrogen) atoms. The Labute approximate surface area is 179 Å². The van der Waals surface area contributed by atoms with E-state index >= 15 is 0 Å². The van der Waals surface area contributed by atoms with Gasteiger partial charge in [-0.2, -0.15) is 0 Å². The SMILES string of the molecule is CCOCc1ccccc1CNC(=NC)N(C)Cc1ccc(OC)cc1.I. The fourth-order valence-corrected chi connectivity index (χ4v) is 2.72. The third-order valence-electron chi connectivity index (χ3n) is 4.17. The molecule has 0 heterocycles. The first-order chi connectivity index (χ1) is 12.7. The average molecular weight is 483 g/mol. The Morgan fingerprint density at radius 1 is 1.07 bits per heavy atom. The summed E-state index contributed by atoms with van der Waals surface area (Å²) in [5.74, 6) is 1.72. The van der Waals surface area contributed by atoms with Crippen molar-refractivity contribution in [2.24, 2.45) is 4.99 Å². The Bertz CT molecular complexity index is 705. The molecule has 0 aliphatic carbocycles. The zero-order valence-electron chi connectivity index (χ0n) is 16.6. The number of halogens is 1. The first-order valence-electron chi connectivity index (χ1n) is 8.87. The number of nitrogens with one attached hydrogen (secondary N) is 1. The molecule has 5 nitrogen and oxygen atoms in total. The molecule has 0 aliphatic rings.